The van der Waals surface area contributed by atoms with Gasteiger partial charge < -0.3 is 14.6 Å². The Morgan fingerprint density at radius 2 is 2.21 bits per heavy atom. The number of fused-ring (bicyclic) bond motifs is 1. The van der Waals surface area contributed by atoms with Crippen LogP contribution < -0.4 is 10.1 Å². The molecule has 2 heterocycles. The van der Waals surface area contributed by atoms with Gasteiger partial charge in [0, 0.05) is 23.7 Å². The third kappa shape index (κ3) is 3.90. The molecule has 0 fully saturated rings. The largest absolute Gasteiger partial charge is 0.481 e. The van der Waals surface area contributed by atoms with E-state index in [4.69, 9.17) is 9.26 Å². The van der Waals surface area contributed by atoms with Crippen molar-refractivity contribution in [3.63, 3.8) is 0 Å². The maximum Gasteiger partial charge on any atom is 0.274 e. The van der Waals surface area contributed by atoms with Crippen molar-refractivity contribution in [1.82, 2.24) is 15.5 Å². The maximum atomic E-state index is 11.7. The lowest BCUT2D eigenvalue weighted by Crippen LogP contribution is -2.23. The number of amides is 1. The van der Waals surface area contributed by atoms with E-state index < -0.39 is 0 Å². The number of nitrogens with one attached hydrogen (secondary N) is 1. The van der Waals surface area contributed by atoms with E-state index in [1.54, 1.807) is 19.2 Å². The molecule has 0 atom stereocenters. The van der Waals surface area contributed by atoms with Gasteiger partial charge in [0.05, 0.1) is 12.1 Å². The summed E-state index contributed by atoms with van der Waals surface area (Å²) in [5.41, 5.74) is 1.12. The molecule has 1 amide bonds. The zero-order chi connectivity index (χ0) is 16.8. The highest BCUT2D eigenvalue weighted by Gasteiger charge is 2.08. The van der Waals surface area contributed by atoms with E-state index in [9.17, 15) is 4.79 Å². The molecule has 0 saturated carbocycles. The highest BCUT2D eigenvalue weighted by molar-refractivity contribution is 5.92. The molecule has 0 aliphatic heterocycles. The summed E-state index contributed by atoms with van der Waals surface area (Å²) in [5, 5.41) is 7.32. The van der Waals surface area contributed by atoms with Crippen LogP contribution in [-0.4, -0.2) is 29.2 Å². The predicted octanol–water partition coefficient (Wildman–Crippen LogP) is 2.34. The Kier molecular flexibility index (Phi) is 4.73. The smallest absolute Gasteiger partial charge is 0.274 e. The Morgan fingerprint density at radius 3 is 3.04 bits per heavy atom. The molecular weight excluding hydrogens is 306 g/mol. The molecule has 0 saturated heterocycles. The molecule has 6 heteroatoms. The second-order valence-electron chi connectivity index (χ2n) is 5.01. The van der Waals surface area contributed by atoms with Gasteiger partial charge in [-0.05, 0) is 25.1 Å². The normalized spacial score (nSPS) is 10.0. The zero-order valence-corrected chi connectivity index (χ0v) is 13.1. The lowest BCUT2D eigenvalue weighted by molar-refractivity contribution is 0.0949. The SMILES string of the molecule is Cc1cc(C(=O)NCC#CCOc2ccc3cccnc3c2)no1. The number of aromatic nitrogens is 2. The minimum atomic E-state index is -0.317. The van der Waals surface area contributed by atoms with Crippen molar-refractivity contribution in [2.45, 2.75) is 6.92 Å². The van der Waals surface area contributed by atoms with Crippen molar-refractivity contribution in [3.8, 4) is 17.6 Å². The number of nitrogens with zero attached hydrogens (tertiary/aromatic N) is 2. The molecule has 0 aliphatic rings. The monoisotopic (exact) mass is 321 g/mol. The van der Waals surface area contributed by atoms with Gasteiger partial charge in [-0.2, -0.15) is 0 Å². The summed E-state index contributed by atoms with van der Waals surface area (Å²) in [7, 11) is 0. The van der Waals surface area contributed by atoms with Gasteiger partial charge in [0.1, 0.15) is 18.1 Å². The standard InChI is InChI=1S/C18H15N3O3/c1-13-11-17(21-24-13)18(22)20-8-2-3-10-23-15-7-6-14-5-4-9-19-16(14)12-15/h4-7,9,11-12H,8,10H2,1H3,(H,20,22). The number of hydrogen-bond donors (Lipinski definition) is 1. The number of benzene rings is 1. The van der Waals surface area contributed by atoms with E-state index >= 15 is 0 Å². The van der Waals surface area contributed by atoms with Crippen LogP contribution in [0.2, 0.25) is 0 Å². The van der Waals surface area contributed by atoms with Gasteiger partial charge in [0.25, 0.3) is 5.91 Å². The van der Waals surface area contributed by atoms with E-state index in [0.717, 1.165) is 10.9 Å². The molecule has 0 aliphatic carbocycles. The van der Waals surface area contributed by atoms with Gasteiger partial charge in [-0.3, -0.25) is 9.78 Å². The number of hydrogen-bond acceptors (Lipinski definition) is 5. The second-order valence-corrected chi connectivity index (χ2v) is 5.01. The third-order valence-corrected chi connectivity index (χ3v) is 3.21. The molecule has 6 nitrogen and oxygen atoms in total. The summed E-state index contributed by atoms with van der Waals surface area (Å²) in [4.78, 5) is 16.0. The molecule has 24 heavy (non-hydrogen) atoms. The molecule has 3 aromatic rings. The van der Waals surface area contributed by atoms with Gasteiger partial charge in [0.15, 0.2) is 5.69 Å². The first-order valence-electron chi connectivity index (χ1n) is 7.37. The summed E-state index contributed by atoms with van der Waals surface area (Å²) < 4.78 is 10.4. The van der Waals surface area contributed by atoms with Crippen LogP contribution in [0.25, 0.3) is 10.9 Å². The van der Waals surface area contributed by atoms with Crippen LogP contribution >= 0.6 is 0 Å². The Balaban J connectivity index is 1.46. The Labute approximate surface area is 138 Å². The van der Waals surface area contributed by atoms with Gasteiger partial charge in [-0.15, -0.1) is 0 Å². The van der Waals surface area contributed by atoms with Crippen LogP contribution in [0.1, 0.15) is 16.2 Å². The van der Waals surface area contributed by atoms with Crippen LogP contribution in [0, 0.1) is 18.8 Å². The average molecular weight is 321 g/mol. The molecule has 1 aromatic carbocycles. The minimum Gasteiger partial charge on any atom is -0.481 e. The Hall–Kier alpha value is -3.33. The topological polar surface area (TPSA) is 77.2 Å². The number of rotatable bonds is 4. The highest BCUT2D eigenvalue weighted by atomic mass is 16.5. The maximum absolute atomic E-state index is 11.7. The molecule has 2 aromatic heterocycles. The van der Waals surface area contributed by atoms with E-state index in [1.165, 1.54) is 0 Å². The van der Waals surface area contributed by atoms with Crippen LogP contribution in [0.3, 0.4) is 0 Å². The summed E-state index contributed by atoms with van der Waals surface area (Å²) in [5.74, 6) is 6.64. The van der Waals surface area contributed by atoms with Crippen molar-refractivity contribution in [1.29, 1.82) is 0 Å². The highest BCUT2D eigenvalue weighted by Crippen LogP contribution is 2.18. The molecule has 0 unspecified atom stereocenters. The molecule has 0 spiro atoms. The lowest BCUT2D eigenvalue weighted by atomic mass is 10.2. The van der Waals surface area contributed by atoms with Crippen LogP contribution in [0.5, 0.6) is 5.75 Å². The van der Waals surface area contributed by atoms with Gasteiger partial charge in [0.2, 0.25) is 0 Å². The Bertz CT molecular complexity index is 922. The predicted molar refractivity (Wildman–Crippen MR) is 88.6 cm³/mol. The molecule has 1 N–H and O–H groups in total. The first kappa shape index (κ1) is 15.6. The molecule has 0 bridgehead atoms. The minimum absolute atomic E-state index is 0.216. The molecular formula is C18H15N3O3. The first-order valence-corrected chi connectivity index (χ1v) is 7.37. The number of ether oxygens (including phenoxy) is 1. The Morgan fingerprint density at radius 1 is 1.29 bits per heavy atom. The van der Waals surface area contributed by atoms with Crippen LogP contribution in [0.4, 0.5) is 0 Å². The fraction of sp³-hybridized carbons (Fsp3) is 0.167. The molecule has 3 rings (SSSR count). The lowest BCUT2D eigenvalue weighted by Gasteiger charge is -2.03. The van der Waals surface area contributed by atoms with Crippen molar-refractivity contribution in [2.24, 2.45) is 0 Å². The second kappa shape index (κ2) is 7.29. The number of carbonyl (C=O) groups excluding carboxylic acids is 1. The van der Waals surface area contributed by atoms with Crippen LogP contribution in [0.15, 0.2) is 47.1 Å². The van der Waals surface area contributed by atoms with Crippen molar-refractivity contribution in [2.75, 3.05) is 13.2 Å². The molecule has 120 valence electrons. The van der Waals surface area contributed by atoms with Gasteiger partial charge in [-0.25, -0.2) is 0 Å². The quantitative estimate of drug-likeness (QED) is 0.746. The van der Waals surface area contributed by atoms with Crippen LogP contribution in [-0.2, 0) is 0 Å². The van der Waals surface area contributed by atoms with Crippen molar-refractivity contribution >= 4 is 16.8 Å². The third-order valence-electron chi connectivity index (χ3n) is 3.21. The fourth-order valence-electron chi connectivity index (χ4n) is 2.06. The van der Waals surface area contributed by atoms with E-state index in [-0.39, 0.29) is 24.8 Å². The fourth-order valence-corrected chi connectivity index (χ4v) is 2.06. The zero-order valence-electron chi connectivity index (χ0n) is 13.1. The van der Waals surface area contributed by atoms with E-state index in [2.05, 4.69) is 27.3 Å². The van der Waals surface area contributed by atoms with Crippen molar-refractivity contribution < 1.29 is 14.1 Å². The van der Waals surface area contributed by atoms with Gasteiger partial charge >= 0.3 is 0 Å². The summed E-state index contributed by atoms with van der Waals surface area (Å²) in [6.07, 6.45) is 1.74. The van der Waals surface area contributed by atoms with E-state index in [1.807, 2.05) is 30.3 Å². The van der Waals surface area contributed by atoms with Gasteiger partial charge in [-0.1, -0.05) is 23.1 Å². The first-order chi connectivity index (χ1) is 11.7. The summed E-state index contributed by atoms with van der Waals surface area (Å²) in [6.45, 7) is 2.17. The average Bonchev–Trinajstić information content (AvgIpc) is 3.04. The van der Waals surface area contributed by atoms with E-state index in [0.29, 0.717) is 11.5 Å². The summed E-state index contributed by atoms with van der Waals surface area (Å²) >= 11 is 0. The summed E-state index contributed by atoms with van der Waals surface area (Å²) in [6, 6.07) is 11.1. The van der Waals surface area contributed by atoms with Crippen molar-refractivity contribution in [3.05, 3.63) is 54.0 Å². The molecule has 0 radical (unpaired) electrons. The number of carbonyl (C=O) groups is 1. The number of aryl methyl sites for hydroxylation is 1. The number of pyridine rings is 1.